The second kappa shape index (κ2) is 5.32. The SMILES string of the molecule is O=Cc1cc(F)c(Oc2ccc(F)c(Cl)c2)c(F)c1. The van der Waals surface area contributed by atoms with Crippen molar-refractivity contribution in [2.75, 3.05) is 0 Å². The lowest BCUT2D eigenvalue weighted by molar-refractivity contribution is 0.112. The van der Waals surface area contributed by atoms with Gasteiger partial charge in [0.1, 0.15) is 17.9 Å². The van der Waals surface area contributed by atoms with Gasteiger partial charge >= 0.3 is 0 Å². The van der Waals surface area contributed by atoms with Gasteiger partial charge in [-0.1, -0.05) is 11.6 Å². The maximum absolute atomic E-state index is 13.5. The van der Waals surface area contributed by atoms with E-state index in [2.05, 4.69) is 0 Å². The molecule has 19 heavy (non-hydrogen) atoms. The molecule has 2 aromatic rings. The Labute approximate surface area is 111 Å². The Morgan fingerprint density at radius 3 is 2.16 bits per heavy atom. The molecule has 0 atom stereocenters. The summed E-state index contributed by atoms with van der Waals surface area (Å²) in [5.74, 6) is -3.47. The number of hydrogen-bond donors (Lipinski definition) is 0. The lowest BCUT2D eigenvalue weighted by Crippen LogP contribution is -1.95. The summed E-state index contributed by atoms with van der Waals surface area (Å²) in [5, 5.41) is -0.233. The molecule has 0 saturated carbocycles. The monoisotopic (exact) mass is 286 g/mol. The molecule has 0 aliphatic heterocycles. The number of hydrogen-bond acceptors (Lipinski definition) is 2. The summed E-state index contributed by atoms with van der Waals surface area (Å²) in [6.07, 6.45) is 0.310. The van der Waals surface area contributed by atoms with Crippen LogP contribution < -0.4 is 4.74 Å². The molecule has 98 valence electrons. The highest BCUT2D eigenvalue weighted by Gasteiger charge is 2.14. The van der Waals surface area contributed by atoms with Crippen molar-refractivity contribution >= 4 is 17.9 Å². The Morgan fingerprint density at radius 2 is 1.63 bits per heavy atom. The van der Waals surface area contributed by atoms with Crippen LogP contribution in [0.5, 0.6) is 11.5 Å². The second-order valence-corrected chi connectivity index (χ2v) is 4.02. The quantitative estimate of drug-likeness (QED) is 0.784. The fraction of sp³-hybridized carbons (Fsp3) is 0. The van der Waals surface area contributed by atoms with E-state index in [1.807, 2.05) is 0 Å². The highest BCUT2D eigenvalue weighted by Crippen LogP contribution is 2.30. The number of ether oxygens (including phenoxy) is 1. The molecule has 2 aromatic carbocycles. The largest absolute Gasteiger partial charge is 0.451 e. The van der Waals surface area contributed by atoms with E-state index in [0.717, 1.165) is 24.3 Å². The summed E-state index contributed by atoms with van der Waals surface area (Å²) in [6, 6.07) is 4.93. The predicted octanol–water partition coefficient (Wildman–Crippen LogP) is 4.36. The van der Waals surface area contributed by atoms with E-state index in [1.165, 1.54) is 6.07 Å². The average molecular weight is 287 g/mol. The van der Waals surface area contributed by atoms with E-state index in [1.54, 1.807) is 0 Å². The fourth-order valence-electron chi connectivity index (χ4n) is 1.40. The van der Waals surface area contributed by atoms with E-state index in [4.69, 9.17) is 16.3 Å². The molecule has 0 radical (unpaired) electrons. The van der Waals surface area contributed by atoms with Gasteiger partial charge in [0.05, 0.1) is 5.02 Å². The summed E-state index contributed by atoms with van der Waals surface area (Å²) < 4.78 is 44.9. The molecule has 6 heteroatoms. The lowest BCUT2D eigenvalue weighted by atomic mass is 10.2. The van der Waals surface area contributed by atoms with Gasteiger partial charge in [0.25, 0.3) is 0 Å². The normalized spacial score (nSPS) is 10.3. The predicted molar refractivity (Wildman–Crippen MR) is 63.2 cm³/mol. The first kappa shape index (κ1) is 13.4. The highest BCUT2D eigenvalue weighted by molar-refractivity contribution is 6.30. The molecule has 0 bridgehead atoms. The Kier molecular flexibility index (Phi) is 3.76. The topological polar surface area (TPSA) is 26.3 Å². The van der Waals surface area contributed by atoms with Gasteiger partial charge in [0.15, 0.2) is 17.4 Å². The maximum Gasteiger partial charge on any atom is 0.198 e. The third kappa shape index (κ3) is 2.88. The zero-order valence-corrected chi connectivity index (χ0v) is 10.0. The van der Waals surface area contributed by atoms with Crippen LogP contribution in [-0.4, -0.2) is 6.29 Å². The van der Waals surface area contributed by atoms with Crippen LogP contribution in [-0.2, 0) is 0 Å². The number of carbonyl (C=O) groups excluding carboxylic acids is 1. The number of benzene rings is 2. The van der Waals surface area contributed by atoms with Gasteiger partial charge in [0.2, 0.25) is 0 Å². The third-order valence-corrected chi connectivity index (χ3v) is 2.56. The van der Waals surface area contributed by atoms with Gasteiger partial charge in [-0.3, -0.25) is 4.79 Å². The Morgan fingerprint density at radius 1 is 1.00 bits per heavy atom. The van der Waals surface area contributed by atoms with Crippen molar-refractivity contribution in [2.24, 2.45) is 0 Å². The summed E-state index contributed by atoms with van der Waals surface area (Å²) in [5.41, 5.74) is -0.153. The van der Waals surface area contributed by atoms with Crippen LogP contribution >= 0.6 is 11.6 Å². The van der Waals surface area contributed by atoms with Crippen LogP contribution in [0.2, 0.25) is 5.02 Å². The zero-order valence-electron chi connectivity index (χ0n) is 9.29. The van der Waals surface area contributed by atoms with Gasteiger partial charge in [-0.05, 0) is 24.3 Å². The van der Waals surface area contributed by atoms with Gasteiger partial charge < -0.3 is 4.74 Å². The van der Waals surface area contributed by atoms with Crippen molar-refractivity contribution < 1.29 is 22.7 Å². The molecule has 0 heterocycles. The fourth-order valence-corrected chi connectivity index (χ4v) is 1.57. The van der Waals surface area contributed by atoms with Gasteiger partial charge in [-0.15, -0.1) is 0 Å². The summed E-state index contributed by atoms with van der Waals surface area (Å²) >= 11 is 5.52. The minimum Gasteiger partial charge on any atom is -0.451 e. The third-order valence-electron chi connectivity index (χ3n) is 2.27. The number of aldehydes is 1. The van der Waals surface area contributed by atoms with E-state index < -0.39 is 23.2 Å². The van der Waals surface area contributed by atoms with Crippen LogP contribution in [0.3, 0.4) is 0 Å². The zero-order chi connectivity index (χ0) is 14.0. The molecule has 0 aliphatic rings. The van der Waals surface area contributed by atoms with E-state index in [0.29, 0.717) is 6.29 Å². The van der Waals surface area contributed by atoms with Crippen LogP contribution in [0.25, 0.3) is 0 Å². The van der Waals surface area contributed by atoms with Crippen molar-refractivity contribution in [1.29, 1.82) is 0 Å². The van der Waals surface area contributed by atoms with Crippen LogP contribution in [0.4, 0.5) is 13.2 Å². The van der Waals surface area contributed by atoms with Crippen LogP contribution in [0.1, 0.15) is 10.4 Å². The van der Waals surface area contributed by atoms with Crippen molar-refractivity contribution in [2.45, 2.75) is 0 Å². The minimum absolute atomic E-state index is 0.0250. The molecule has 2 rings (SSSR count). The lowest BCUT2D eigenvalue weighted by Gasteiger charge is -2.08. The molecule has 0 spiro atoms. The molecule has 0 aromatic heterocycles. The molecule has 0 fully saturated rings. The summed E-state index contributed by atoms with van der Waals surface area (Å²) in [7, 11) is 0. The van der Waals surface area contributed by atoms with Crippen LogP contribution in [0.15, 0.2) is 30.3 Å². The number of halogens is 4. The summed E-state index contributed by atoms with van der Waals surface area (Å²) in [6.45, 7) is 0. The van der Waals surface area contributed by atoms with E-state index in [-0.39, 0.29) is 16.3 Å². The molecule has 0 unspecified atom stereocenters. The Balaban J connectivity index is 2.38. The van der Waals surface area contributed by atoms with Crippen molar-refractivity contribution in [3.05, 3.63) is 58.4 Å². The standard InChI is InChI=1S/C13H6ClF3O2/c14-9-5-8(1-2-10(9)15)19-13-11(16)3-7(6-18)4-12(13)17/h1-6H. The van der Waals surface area contributed by atoms with E-state index >= 15 is 0 Å². The van der Waals surface area contributed by atoms with Gasteiger partial charge in [-0.2, -0.15) is 0 Å². The maximum atomic E-state index is 13.5. The van der Waals surface area contributed by atoms with Crippen molar-refractivity contribution in [3.8, 4) is 11.5 Å². The second-order valence-electron chi connectivity index (χ2n) is 3.61. The number of rotatable bonds is 3. The molecule has 2 nitrogen and oxygen atoms in total. The van der Waals surface area contributed by atoms with Crippen molar-refractivity contribution in [1.82, 2.24) is 0 Å². The molecule has 0 N–H and O–H groups in total. The highest BCUT2D eigenvalue weighted by atomic mass is 35.5. The Hall–Kier alpha value is -2.01. The van der Waals surface area contributed by atoms with Gasteiger partial charge in [-0.25, -0.2) is 13.2 Å². The molecule has 0 amide bonds. The minimum atomic E-state index is -1.04. The smallest absolute Gasteiger partial charge is 0.198 e. The van der Waals surface area contributed by atoms with Gasteiger partial charge in [0, 0.05) is 11.6 Å². The molecule has 0 aliphatic carbocycles. The average Bonchev–Trinajstić information content (AvgIpc) is 2.37. The Bertz CT molecular complexity index is 621. The first-order valence-electron chi connectivity index (χ1n) is 5.08. The molecule has 0 saturated heterocycles. The summed E-state index contributed by atoms with van der Waals surface area (Å²) in [4.78, 5) is 10.4. The number of carbonyl (C=O) groups is 1. The van der Waals surface area contributed by atoms with Crippen molar-refractivity contribution in [3.63, 3.8) is 0 Å². The molecular formula is C13H6ClF3O2. The first-order valence-corrected chi connectivity index (χ1v) is 5.46. The molecular weight excluding hydrogens is 281 g/mol. The first-order chi connectivity index (χ1) is 9.01. The van der Waals surface area contributed by atoms with Crippen LogP contribution in [0, 0.1) is 17.5 Å². The van der Waals surface area contributed by atoms with E-state index in [9.17, 15) is 18.0 Å².